The minimum atomic E-state index is 0.660. The molecule has 1 N–H and O–H groups in total. The van der Waals surface area contributed by atoms with Gasteiger partial charge in [0.2, 0.25) is 0 Å². The Morgan fingerprint density at radius 1 is 1.00 bits per heavy atom. The van der Waals surface area contributed by atoms with Crippen LogP contribution in [0.5, 0.6) is 0 Å². The Morgan fingerprint density at radius 2 is 1.74 bits per heavy atom. The van der Waals surface area contributed by atoms with E-state index in [0.717, 1.165) is 38.1 Å². The van der Waals surface area contributed by atoms with Crippen molar-refractivity contribution in [2.24, 2.45) is 0 Å². The number of unbranched alkanes of at least 4 members (excludes halogenated alkanes) is 1. The smallest absolute Gasteiger partial charge is 0.0700 e. The summed E-state index contributed by atoms with van der Waals surface area (Å²) in [5, 5.41) is 4.71. The molecule has 1 aromatic rings. The van der Waals surface area contributed by atoms with Crippen molar-refractivity contribution in [3.63, 3.8) is 0 Å². The van der Waals surface area contributed by atoms with Gasteiger partial charge in [-0.3, -0.25) is 0 Å². The van der Waals surface area contributed by atoms with Gasteiger partial charge >= 0.3 is 0 Å². The molecule has 5 heteroatoms. The average molecular weight is 306 g/mol. The highest BCUT2D eigenvalue weighted by Crippen LogP contribution is 2.18. The van der Waals surface area contributed by atoms with Gasteiger partial charge in [0.25, 0.3) is 0 Å². The normalized spacial score (nSPS) is 10.9. The molecule has 0 heterocycles. The van der Waals surface area contributed by atoms with Crippen LogP contribution in [0.3, 0.4) is 0 Å². The Labute approximate surface area is 125 Å². The van der Waals surface area contributed by atoms with Gasteiger partial charge in [-0.25, -0.2) is 0 Å². The minimum absolute atomic E-state index is 0.660. The second-order valence-corrected chi connectivity index (χ2v) is 5.14. The van der Waals surface area contributed by atoms with Crippen molar-refractivity contribution in [3.8, 4) is 0 Å². The van der Waals surface area contributed by atoms with Gasteiger partial charge < -0.3 is 14.8 Å². The number of benzene rings is 1. The molecule has 0 fully saturated rings. The standard InChI is InChI=1S/C14H21Cl2NO2/c1-18-6-7-19-5-3-2-4-17-11-12-8-13(15)10-14(16)9-12/h8-10,17H,2-7,11H2,1H3. The maximum absolute atomic E-state index is 5.93. The highest BCUT2D eigenvalue weighted by atomic mass is 35.5. The lowest BCUT2D eigenvalue weighted by Gasteiger charge is -2.06. The maximum Gasteiger partial charge on any atom is 0.0700 e. The van der Waals surface area contributed by atoms with Crippen LogP contribution >= 0.6 is 23.2 Å². The Kier molecular flexibility index (Phi) is 9.22. The fourth-order valence-corrected chi connectivity index (χ4v) is 2.22. The summed E-state index contributed by atoms with van der Waals surface area (Å²) >= 11 is 11.9. The van der Waals surface area contributed by atoms with E-state index >= 15 is 0 Å². The SMILES string of the molecule is COCCOCCCCNCc1cc(Cl)cc(Cl)c1. The summed E-state index contributed by atoms with van der Waals surface area (Å²) in [4.78, 5) is 0. The van der Waals surface area contributed by atoms with Gasteiger partial charge in [-0.1, -0.05) is 23.2 Å². The zero-order valence-electron chi connectivity index (χ0n) is 11.3. The van der Waals surface area contributed by atoms with Crippen LogP contribution in [0.15, 0.2) is 18.2 Å². The first-order valence-corrected chi connectivity index (χ1v) is 7.20. The van der Waals surface area contributed by atoms with Crippen molar-refractivity contribution in [2.75, 3.05) is 33.5 Å². The van der Waals surface area contributed by atoms with E-state index < -0.39 is 0 Å². The predicted molar refractivity (Wildman–Crippen MR) is 80.1 cm³/mol. The summed E-state index contributed by atoms with van der Waals surface area (Å²) in [6, 6.07) is 5.59. The third kappa shape index (κ3) is 8.45. The highest BCUT2D eigenvalue weighted by molar-refractivity contribution is 6.34. The Hall–Kier alpha value is -0.320. The van der Waals surface area contributed by atoms with Crippen molar-refractivity contribution >= 4 is 23.2 Å². The molecule has 108 valence electrons. The van der Waals surface area contributed by atoms with Crippen molar-refractivity contribution in [3.05, 3.63) is 33.8 Å². The summed E-state index contributed by atoms with van der Waals surface area (Å²) in [5.74, 6) is 0. The first-order chi connectivity index (χ1) is 9.22. The molecule has 0 amide bonds. The van der Waals surface area contributed by atoms with Gasteiger partial charge in [0.15, 0.2) is 0 Å². The summed E-state index contributed by atoms with van der Waals surface area (Å²) in [6.45, 7) is 3.86. The molecule has 0 aliphatic rings. The second kappa shape index (κ2) is 10.5. The lowest BCUT2D eigenvalue weighted by atomic mass is 10.2. The van der Waals surface area contributed by atoms with E-state index in [2.05, 4.69) is 5.32 Å². The Balaban J connectivity index is 2.01. The molecule has 1 rings (SSSR count). The number of halogens is 2. The Morgan fingerprint density at radius 3 is 2.42 bits per heavy atom. The highest BCUT2D eigenvalue weighted by Gasteiger charge is 1.98. The number of hydrogen-bond acceptors (Lipinski definition) is 3. The maximum atomic E-state index is 5.93. The Bertz CT molecular complexity index is 341. The van der Waals surface area contributed by atoms with Crippen LogP contribution in [0.2, 0.25) is 10.0 Å². The van der Waals surface area contributed by atoms with Crippen LogP contribution in [0.1, 0.15) is 18.4 Å². The second-order valence-electron chi connectivity index (χ2n) is 4.27. The van der Waals surface area contributed by atoms with Gasteiger partial charge in [0.1, 0.15) is 0 Å². The molecule has 0 aliphatic heterocycles. The molecule has 0 saturated heterocycles. The molecule has 3 nitrogen and oxygen atoms in total. The van der Waals surface area contributed by atoms with Crippen molar-refractivity contribution < 1.29 is 9.47 Å². The van der Waals surface area contributed by atoms with E-state index in [1.807, 2.05) is 12.1 Å². The van der Waals surface area contributed by atoms with Gasteiger partial charge in [-0.15, -0.1) is 0 Å². The first-order valence-electron chi connectivity index (χ1n) is 6.44. The quantitative estimate of drug-likeness (QED) is 0.671. The zero-order chi connectivity index (χ0) is 13.9. The van der Waals surface area contributed by atoms with E-state index in [-0.39, 0.29) is 0 Å². The van der Waals surface area contributed by atoms with Gasteiger partial charge in [0.05, 0.1) is 13.2 Å². The summed E-state index contributed by atoms with van der Waals surface area (Å²) in [5.41, 5.74) is 1.11. The van der Waals surface area contributed by atoms with E-state index in [9.17, 15) is 0 Å². The first kappa shape index (κ1) is 16.7. The largest absolute Gasteiger partial charge is 0.382 e. The molecular formula is C14H21Cl2NO2. The third-order valence-electron chi connectivity index (χ3n) is 2.58. The van der Waals surface area contributed by atoms with Gasteiger partial charge in [-0.2, -0.15) is 0 Å². The molecular weight excluding hydrogens is 285 g/mol. The number of hydrogen-bond donors (Lipinski definition) is 1. The summed E-state index contributed by atoms with van der Waals surface area (Å²) in [7, 11) is 1.68. The van der Waals surface area contributed by atoms with Crippen LogP contribution in [0.25, 0.3) is 0 Å². The van der Waals surface area contributed by atoms with Crippen LogP contribution in [0.4, 0.5) is 0 Å². The van der Waals surface area contributed by atoms with Crippen LogP contribution in [0, 0.1) is 0 Å². The number of rotatable bonds is 10. The summed E-state index contributed by atoms with van der Waals surface area (Å²) < 4.78 is 10.3. The average Bonchev–Trinajstić information content (AvgIpc) is 2.36. The lowest BCUT2D eigenvalue weighted by molar-refractivity contribution is 0.0688. The molecule has 0 aromatic heterocycles. The van der Waals surface area contributed by atoms with E-state index in [1.165, 1.54) is 0 Å². The fraction of sp³-hybridized carbons (Fsp3) is 0.571. The molecule has 0 unspecified atom stereocenters. The number of methoxy groups -OCH3 is 1. The van der Waals surface area contributed by atoms with Crippen molar-refractivity contribution in [1.82, 2.24) is 5.32 Å². The molecule has 0 bridgehead atoms. The minimum Gasteiger partial charge on any atom is -0.382 e. The summed E-state index contributed by atoms with van der Waals surface area (Å²) in [6.07, 6.45) is 2.13. The van der Waals surface area contributed by atoms with E-state index in [4.69, 9.17) is 32.7 Å². The monoisotopic (exact) mass is 305 g/mol. The van der Waals surface area contributed by atoms with Crippen LogP contribution in [-0.4, -0.2) is 33.5 Å². The van der Waals surface area contributed by atoms with E-state index in [1.54, 1.807) is 13.2 Å². The van der Waals surface area contributed by atoms with Gasteiger partial charge in [0, 0.05) is 30.3 Å². The third-order valence-corrected chi connectivity index (χ3v) is 3.01. The predicted octanol–water partition coefficient (Wildman–Crippen LogP) is 3.53. The molecule has 0 spiro atoms. The zero-order valence-corrected chi connectivity index (χ0v) is 12.8. The van der Waals surface area contributed by atoms with Crippen molar-refractivity contribution in [1.29, 1.82) is 0 Å². The lowest BCUT2D eigenvalue weighted by Crippen LogP contribution is -2.15. The molecule has 19 heavy (non-hydrogen) atoms. The number of nitrogens with one attached hydrogen (secondary N) is 1. The molecule has 1 aromatic carbocycles. The van der Waals surface area contributed by atoms with Crippen molar-refractivity contribution in [2.45, 2.75) is 19.4 Å². The number of ether oxygens (including phenoxy) is 2. The van der Waals surface area contributed by atoms with E-state index in [0.29, 0.717) is 23.3 Å². The molecule has 0 atom stereocenters. The van der Waals surface area contributed by atoms with Gasteiger partial charge in [-0.05, 0) is 43.1 Å². The van der Waals surface area contributed by atoms with Crippen LogP contribution < -0.4 is 5.32 Å². The molecule has 0 radical (unpaired) electrons. The fourth-order valence-electron chi connectivity index (χ4n) is 1.64. The topological polar surface area (TPSA) is 30.5 Å². The molecule has 0 aliphatic carbocycles. The molecule has 0 saturated carbocycles. The van der Waals surface area contributed by atoms with Crippen LogP contribution in [-0.2, 0) is 16.0 Å².